The second-order valence-corrected chi connectivity index (χ2v) is 5.36. The minimum absolute atomic E-state index is 0.0523. The van der Waals surface area contributed by atoms with Gasteiger partial charge >= 0.3 is 12.0 Å². The smallest absolute Gasteiger partial charge is 0.337 e. The van der Waals surface area contributed by atoms with Gasteiger partial charge in [-0.05, 0) is 33.0 Å². The van der Waals surface area contributed by atoms with Crippen LogP contribution in [-0.2, 0) is 0 Å². The molecule has 1 atom stereocenters. The van der Waals surface area contributed by atoms with Crippen LogP contribution in [0.4, 0.5) is 10.5 Å². The van der Waals surface area contributed by atoms with Gasteiger partial charge in [0.2, 0.25) is 0 Å². The van der Waals surface area contributed by atoms with Crippen molar-refractivity contribution in [3.8, 4) is 0 Å². The Hall–Kier alpha value is -2.15. The normalized spacial score (nSPS) is 19.9. The number of amides is 2. The number of hydrogen-bond donors (Lipinski definition) is 2. The van der Waals surface area contributed by atoms with Crippen LogP contribution < -0.4 is 5.32 Å². The maximum atomic E-state index is 12.3. The van der Waals surface area contributed by atoms with Crippen molar-refractivity contribution < 1.29 is 14.7 Å². The van der Waals surface area contributed by atoms with E-state index in [9.17, 15) is 9.59 Å². The summed E-state index contributed by atoms with van der Waals surface area (Å²) in [4.78, 5) is 31.1. The van der Waals surface area contributed by atoms with Crippen molar-refractivity contribution in [2.24, 2.45) is 0 Å². The zero-order valence-electron chi connectivity index (χ0n) is 12.2. The van der Waals surface area contributed by atoms with Gasteiger partial charge in [-0.15, -0.1) is 0 Å². The highest BCUT2D eigenvalue weighted by atomic mass is 16.4. The van der Waals surface area contributed by atoms with E-state index in [1.54, 1.807) is 4.90 Å². The van der Waals surface area contributed by atoms with Crippen LogP contribution in [0, 0.1) is 0 Å². The zero-order valence-corrected chi connectivity index (χ0v) is 12.2. The third-order valence-electron chi connectivity index (χ3n) is 3.54. The fourth-order valence-electron chi connectivity index (χ4n) is 2.49. The Bertz CT molecular complexity index is 535. The van der Waals surface area contributed by atoms with Crippen LogP contribution in [0.15, 0.2) is 18.5 Å². The highest BCUT2D eigenvalue weighted by Crippen LogP contribution is 2.13. The van der Waals surface area contributed by atoms with Crippen LogP contribution in [0.1, 0.15) is 23.7 Å². The van der Waals surface area contributed by atoms with Gasteiger partial charge in [-0.25, -0.2) is 9.59 Å². The largest absolute Gasteiger partial charge is 0.478 e. The topological polar surface area (TPSA) is 85.8 Å². The molecule has 7 nitrogen and oxygen atoms in total. The van der Waals surface area contributed by atoms with Crippen molar-refractivity contribution in [3.63, 3.8) is 0 Å². The first kappa shape index (κ1) is 15.2. The Labute approximate surface area is 123 Å². The summed E-state index contributed by atoms with van der Waals surface area (Å²) in [5.41, 5.74) is 0.446. The Morgan fingerprint density at radius 2 is 2.14 bits per heavy atom. The number of rotatable bonds is 2. The maximum absolute atomic E-state index is 12.3. The standard InChI is InChI=1S/C14H20N4O3/c1-10-9-17(2)4-3-5-18(10)14(21)16-12-6-11(13(19)20)7-15-8-12/h6-8,10H,3-5,9H2,1-2H3,(H,16,21)(H,19,20). The molecule has 0 spiro atoms. The summed E-state index contributed by atoms with van der Waals surface area (Å²) in [5, 5.41) is 11.7. The molecule has 1 aliphatic heterocycles. The number of carbonyl (C=O) groups excluding carboxylic acids is 1. The second kappa shape index (κ2) is 6.53. The summed E-state index contributed by atoms with van der Waals surface area (Å²) in [7, 11) is 2.04. The molecule has 114 valence electrons. The predicted molar refractivity (Wildman–Crippen MR) is 78.5 cm³/mol. The molecule has 2 amide bonds. The molecule has 1 saturated heterocycles. The van der Waals surface area contributed by atoms with Gasteiger partial charge in [0, 0.05) is 25.3 Å². The number of carboxylic acids is 1. The van der Waals surface area contributed by atoms with E-state index in [2.05, 4.69) is 15.2 Å². The lowest BCUT2D eigenvalue weighted by atomic mass is 10.2. The van der Waals surface area contributed by atoms with Crippen molar-refractivity contribution in [1.29, 1.82) is 0 Å². The molecule has 0 saturated carbocycles. The average molecular weight is 292 g/mol. The predicted octanol–water partition coefficient (Wildman–Crippen LogP) is 1.34. The summed E-state index contributed by atoms with van der Waals surface area (Å²) in [6.45, 7) is 4.47. The Kier molecular flexibility index (Phi) is 4.74. The number of carbonyl (C=O) groups is 2. The molecule has 7 heteroatoms. The number of carboxylic acid groups (broad SMARTS) is 1. The first-order valence-corrected chi connectivity index (χ1v) is 6.92. The Balaban J connectivity index is 2.06. The van der Waals surface area contributed by atoms with Crippen molar-refractivity contribution >= 4 is 17.7 Å². The summed E-state index contributed by atoms with van der Waals surface area (Å²) >= 11 is 0. The summed E-state index contributed by atoms with van der Waals surface area (Å²) < 4.78 is 0. The maximum Gasteiger partial charge on any atom is 0.337 e. The summed E-state index contributed by atoms with van der Waals surface area (Å²) in [5.74, 6) is -1.07. The van der Waals surface area contributed by atoms with Crippen LogP contribution in [0.5, 0.6) is 0 Å². The molecule has 0 bridgehead atoms. The number of aromatic carboxylic acids is 1. The number of nitrogens with one attached hydrogen (secondary N) is 1. The number of hydrogen-bond acceptors (Lipinski definition) is 4. The number of nitrogens with zero attached hydrogens (tertiary/aromatic N) is 3. The lowest BCUT2D eigenvalue weighted by Gasteiger charge is -2.28. The van der Waals surface area contributed by atoms with Gasteiger partial charge in [0.05, 0.1) is 17.4 Å². The number of aromatic nitrogens is 1. The molecule has 0 aromatic carbocycles. The van der Waals surface area contributed by atoms with E-state index in [1.807, 2.05) is 14.0 Å². The van der Waals surface area contributed by atoms with E-state index in [0.717, 1.165) is 19.5 Å². The van der Waals surface area contributed by atoms with E-state index in [-0.39, 0.29) is 17.6 Å². The molecule has 1 aliphatic rings. The molecule has 1 aromatic heterocycles. The highest BCUT2D eigenvalue weighted by Gasteiger charge is 2.24. The quantitative estimate of drug-likeness (QED) is 0.859. The minimum Gasteiger partial charge on any atom is -0.478 e. The Morgan fingerprint density at radius 3 is 2.86 bits per heavy atom. The molecule has 1 aromatic rings. The molecule has 1 fully saturated rings. The highest BCUT2D eigenvalue weighted by molar-refractivity contribution is 5.92. The van der Waals surface area contributed by atoms with Crippen molar-refractivity contribution in [3.05, 3.63) is 24.0 Å². The number of anilines is 1. The first-order chi connectivity index (χ1) is 9.97. The van der Waals surface area contributed by atoms with Crippen molar-refractivity contribution in [1.82, 2.24) is 14.8 Å². The van der Waals surface area contributed by atoms with Gasteiger partial charge in [-0.2, -0.15) is 0 Å². The lowest BCUT2D eigenvalue weighted by Crippen LogP contribution is -2.44. The SMILES string of the molecule is CC1CN(C)CCCN1C(=O)Nc1cncc(C(=O)O)c1. The van der Waals surface area contributed by atoms with Gasteiger partial charge in [0.1, 0.15) is 0 Å². The molecular weight excluding hydrogens is 272 g/mol. The number of pyridine rings is 1. The summed E-state index contributed by atoms with van der Waals surface area (Å²) in [6.07, 6.45) is 3.61. The van der Waals surface area contributed by atoms with E-state index in [4.69, 9.17) is 5.11 Å². The minimum atomic E-state index is -1.07. The van der Waals surface area contributed by atoms with Crippen molar-refractivity contribution in [2.75, 3.05) is 32.0 Å². The average Bonchev–Trinajstić information content (AvgIpc) is 2.59. The molecule has 2 heterocycles. The van der Waals surface area contributed by atoms with Crippen LogP contribution in [-0.4, -0.2) is 64.6 Å². The van der Waals surface area contributed by atoms with E-state index < -0.39 is 5.97 Å². The first-order valence-electron chi connectivity index (χ1n) is 6.92. The fraction of sp³-hybridized carbons (Fsp3) is 0.500. The third-order valence-corrected chi connectivity index (χ3v) is 3.54. The lowest BCUT2D eigenvalue weighted by molar-refractivity contribution is 0.0696. The van der Waals surface area contributed by atoms with Crippen molar-refractivity contribution in [2.45, 2.75) is 19.4 Å². The molecule has 0 aliphatic carbocycles. The molecule has 21 heavy (non-hydrogen) atoms. The van der Waals surface area contributed by atoms with Crippen LogP contribution in [0.3, 0.4) is 0 Å². The third kappa shape index (κ3) is 3.91. The van der Waals surface area contributed by atoms with Crippen LogP contribution in [0.25, 0.3) is 0 Å². The number of likely N-dealkylation sites (N-methyl/N-ethyl adjacent to an activating group) is 1. The monoisotopic (exact) mass is 292 g/mol. The van der Waals surface area contributed by atoms with E-state index in [0.29, 0.717) is 12.2 Å². The van der Waals surface area contributed by atoms with E-state index >= 15 is 0 Å². The zero-order chi connectivity index (χ0) is 15.4. The Morgan fingerprint density at radius 1 is 1.38 bits per heavy atom. The molecule has 2 N–H and O–H groups in total. The molecule has 2 rings (SSSR count). The van der Waals surface area contributed by atoms with Gasteiger partial charge < -0.3 is 20.2 Å². The van der Waals surface area contributed by atoms with Crippen LogP contribution in [0.2, 0.25) is 0 Å². The van der Waals surface area contributed by atoms with Crippen LogP contribution >= 0.6 is 0 Å². The molecule has 1 unspecified atom stereocenters. The number of urea groups is 1. The molecular formula is C14H20N4O3. The van der Waals surface area contributed by atoms with Gasteiger partial charge in [-0.1, -0.05) is 0 Å². The summed E-state index contributed by atoms with van der Waals surface area (Å²) in [6, 6.07) is 1.29. The van der Waals surface area contributed by atoms with Gasteiger partial charge in [-0.3, -0.25) is 4.98 Å². The van der Waals surface area contributed by atoms with Gasteiger partial charge in [0.15, 0.2) is 0 Å². The second-order valence-electron chi connectivity index (χ2n) is 5.36. The van der Waals surface area contributed by atoms with E-state index in [1.165, 1.54) is 18.5 Å². The fourth-order valence-corrected chi connectivity index (χ4v) is 2.49. The molecule has 0 radical (unpaired) electrons. The van der Waals surface area contributed by atoms with Gasteiger partial charge in [0.25, 0.3) is 0 Å².